The minimum atomic E-state index is 0.587. The molecule has 96 valence electrons. The van der Waals surface area contributed by atoms with Gasteiger partial charge in [-0.1, -0.05) is 6.92 Å². The summed E-state index contributed by atoms with van der Waals surface area (Å²) in [6.07, 6.45) is 4.08. The van der Waals surface area contributed by atoms with Crippen molar-refractivity contribution in [3.05, 3.63) is 24.0 Å². The second-order valence-electron chi connectivity index (χ2n) is 3.86. The monoisotopic (exact) mass is 247 g/mol. The summed E-state index contributed by atoms with van der Waals surface area (Å²) >= 11 is 0. The zero-order chi connectivity index (χ0) is 13.0. The Balaban J connectivity index is 2.16. The highest BCUT2D eigenvalue weighted by molar-refractivity contribution is 5.57. The van der Waals surface area contributed by atoms with Crippen molar-refractivity contribution in [2.75, 3.05) is 17.7 Å². The van der Waals surface area contributed by atoms with Gasteiger partial charge in [0.2, 0.25) is 0 Å². The van der Waals surface area contributed by atoms with Gasteiger partial charge >= 0.3 is 0 Å². The van der Waals surface area contributed by atoms with Crippen LogP contribution in [0, 0.1) is 0 Å². The third kappa shape index (κ3) is 2.39. The maximum Gasteiger partial charge on any atom is 0.151 e. The predicted molar refractivity (Wildman–Crippen MR) is 69.3 cm³/mol. The number of nitrogens with one attached hydrogen (secondary N) is 2. The molecule has 7 heteroatoms. The van der Waals surface area contributed by atoms with Crippen LogP contribution in [-0.2, 0) is 20.0 Å². The quantitative estimate of drug-likeness (QED) is 0.814. The largest absolute Gasteiger partial charge is 0.373 e. The first-order chi connectivity index (χ1) is 8.76. The van der Waals surface area contributed by atoms with E-state index in [9.17, 15) is 0 Å². The lowest BCUT2D eigenvalue weighted by Gasteiger charge is -2.12. The Bertz CT molecular complexity index is 520. The predicted octanol–water partition coefficient (Wildman–Crippen LogP) is 0.821. The molecule has 0 aliphatic heterocycles. The van der Waals surface area contributed by atoms with Gasteiger partial charge in [-0.05, 0) is 6.42 Å². The minimum Gasteiger partial charge on any atom is -0.373 e. The van der Waals surface area contributed by atoms with Crippen molar-refractivity contribution in [2.24, 2.45) is 7.05 Å². The second kappa shape index (κ2) is 5.44. The Kier molecular flexibility index (Phi) is 3.71. The molecule has 0 fully saturated rings. The summed E-state index contributed by atoms with van der Waals surface area (Å²) in [5.41, 5.74) is 1.07. The SMILES string of the molecule is CCc1c(NC)ncnc1NCc1nncn1C. The molecule has 0 amide bonds. The van der Waals surface area contributed by atoms with E-state index in [1.54, 1.807) is 12.7 Å². The Morgan fingerprint density at radius 1 is 1.28 bits per heavy atom. The molecule has 2 heterocycles. The fourth-order valence-electron chi connectivity index (χ4n) is 1.74. The summed E-state index contributed by atoms with van der Waals surface area (Å²) in [6.45, 7) is 2.66. The molecule has 2 rings (SSSR count). The maximum atomic E-state index is 4.27. The van der Waals surface area contributed by atoms with Crippen LogP contribution in [0.2, 0.25) is 0 Å². The molecule has 2 N–H and O–H groups in total. The summed E-state index contributed by atoms with van der Waals surface area (Å²) in [6, 6.07) is 0. The Morgan fingerprint density at radius 3 is 2.67 bits per heavy atom. The van der Waals surface area contributed by atoms with Crippen LogP contribution in [0.15, 0.2) is 12.7 Å². The molecule has 0 saturated heterocycles. The number of aryl methyl sites for hydroxylation is 1. The van der Waals surface area contributed by atoms with E-state index in [1.165, 1.54) is 0 Å². The molecule has 0 spiro atoms. The highest BCUT2D eigenvalue weighted by Gasteiger charge is 2.09. The molecule has 0 aliphatic rings. The van der Waals surface area contributed by atoms with Gasteiger partial charge in [0.15, 0.2) is 5.82 Å². The molecule has 2 aromatic heterocycles. The Labute approximate surface area is 106 Å². The summed E-state index contributed by atoms with van der Waals surface area (Å²) < 4.78 is 1.87. The lowest BCUT2D eigenvalue weighted by Crippen LogP contribution is -2.10. The van der Waals surface area contributed by atoms with Crippen LogP contribution >= 0.6 is 0 Å². The highest BCUT2D eigenvalue weighted by atomic mass is 15.3. The van der Waals surface area contributed by atoms with Gasteiger partial charge in [0.1, 0.15) is 24.3 Å². The maximum absolute atomic E-state index is 4.27. The highest BCUT2D eigenvalue weighted by Crippen LogP contribution is 2.20. The van der Waals surface area contributed by atoms with Gasteiger partial charge in [0.05, 0.1) is 6.54 Å². The fourth-order valence-corrected chi connectivity index (χ4v) is 1.74. The molecule has 0 radical (unpaired) electrons. The van der Waals surface area contributed by atoms with Crippen LogP contribution in [0.5, 0.6) is 0 Å². The van der Waals surface area contributed by atoms with Crippen molar-refractivity contribution in [3.63, 3.8) is 0 Å². The second-order valence-corrected chi connectivity index (χ2v) is 3.86. The summed E-state index contributed by atoms with van der Waals surface area (Å²) in [4.78, 5) is 8.46. The van der Waals surface area contributed by atoms with Gasteiger partial charge in [0, 0.05) is 19.7 Å². The number of anilines is 2. The number of aromatic nitrogens is 5. The molecular weight excluding hydrogens is 230 g/mol. The van der Waals surface area contributed by atoms with E-state index < -0.39 is 0 Å². The van der Waals surface area contributed by atoms with E-state index in [1.807, 2.05) is 18.7 Å². The van der Waals surface area contributed by atoms with Gasteiger partial charge < -0.3 is 15.2 Å². The molecule has 0 unspecified atom stereocenters. The summed E-state index contributed by atoms with van der Waals surface area (Å²) in [5.74, 6) is 2.55. The van der Waals surface area contributed by atoms with Crippen LogP contribution in [-0.4, -0.2) is 31.8 Å². The Hall–Kier alpha value is -2.18. The van der Waals surface area contributed by atoms with Crippen LogP contribution in [0.25, 0.3) is 0 Å². The molecule has 0 atom stereocenters. The zero-order valence-electron chi connectivity index (χ0n) is 10.8. The molecule has 0 bridgehead atoms. The number of rotatable bonds is 5. The molecule has 0 aliphatic carbocycles. The lowest BCUT2D eigenvalue weighted by molar-refractivity contribution is 0.808. The van der Waals surface area contributed by atoms with Crippen LogP contribution in [0.4, 0.5) is 11.6 Å². The van der Waals surface area contributed by atoms with Crippen molar-refractivity contribution in [1.82, 2.24) is 24.7 Å². The van der Waals surface area contributed by atoms with Crippen LogP contribution in [0.1, 0.15) is 18.3 Å². The van der Waals surface area contributed by atoms with E-state index in [4.69, 9.17) is 0 Å². The minimum absolute atomic E-state index is 0.587. The third-order valence-electron chi connectivity index (χ3n) is 2.75. The van der Waals surface area contributed by atoms with E-state index >= 15 is 0 Å². The van der Waals surface area contributed by atoms with Gasteiger partial charge in [0.25, 0.3) is 0 Å². The average molecular weight is 247 g/mol. The molecule has 0 aromatic carbocycles. The number of hydrogen-bond acceptors (Lipinski definition) is 6. The topological polar surface area (TPSA) is 80.6 Å². The Morgan fingerprint density at radius 2 is 2.06 bits per heavy atom. The van der Waals surface area contributed by atoms with Crippen molar-refractivity contribution < 1.29 is 0 Å². The number of nitrogens with zero attached hydrogens (tertiary/aromatic N) is 5. The van der Waals surface area contributed by atoms with Crippen molar-refractivity contribution in [3.8, 4) is 0 Å². The molecular formula is C11H17N7. The smallest absolute Gasteiger partial charge is 0.151 e. The molecule has 2 aromatic rings. The van der Waals surface area contributed by atoms with Gasteiger partial charge in [-0.15, -0.1) is 10.2 Å². The van der Waals surface area contributed by atoms with Gasteiger partial charge in [-0.25, -0.2) is 9.97 Å². The first-order valence-electron chi connectivity index (χ1n) is 5.84. The first kappa shape index (κ1) is 12.3. The first-order valence-corrected chi connectivity index (χ1v) is 5.84. The molecule has 18 heavy (non-hydrogen) atoms. The molecule has 0 saturated carbocycles. The van der Waals surface area contributed by atoms with E-state index in [0.717, 1.165) is 29.4 Å². The lowest BCUT2D eigenvalue weighted by atomic mass is 10.2. The van der Waals surface area contributed by atoms with Crippen LogP contribution < -0.4 is 10.6 Å². The normalized spacial score (nSPS) is 10.4. The van der Waals surface area contributed by atoms with Gasteiger partial charge in [-0.3, -0.25) is 0 Å². The fraction of sp³-hybridized carbons (Fsp3) is 0.455. The van der Waals surface area contributed by atoms with Crippen molar-refractivity contribution >= 4 is 11.6 Å². The average Bonchev–Trinajstić information content (AvgIpc) is 2.81. The van der Waals surface area contributed by atoms with E-state index in [-0.39, 0.29) is 0 Å². The summed E-state index contributed by atoms with van der Waals surface area (Å²) in [5, 5.41) is 14.2. The molecule has 7 nitrogen and oxygen atoms in total. The number of hydrogen-bond donors (Lipinski definition) is 2. The van der Waals surface area contributed by atoms with Crippen LogP contribution in [0.3, 0.4) is 0 Å². The van der Waals surface area contributed by atoms with Gasteiger partial charge in [-0.2, -0.15) is 0 Å². The van der Waals surface area contributed by atoms with Crippen molar-refractivity contribution in [1.29, 1.82) is 0 Å². The van der Waals surface area contributed by atoms with Crippen molar-refractivity contribution in [2.45, 2.75) is 19.9 Å². The zero-order valence-corrected chi connectivity index (χ0v) is 10.8. The standard InChI is InChI=1S/C11H17N7/c1-4-8-10(12-2)14-6-15-11(8)13-5-9-17-16-7-18(9)3/h6-7H,4-5H2,1-3H3,(H2,12,13,14,15). The third-order valence-corrected chi connectivity index (χ3v) is 2.75. The summed E-state index contributed by atoms with van der Waals surface area (Å²) in [7, 11) is 3.77. The van der Waals surface area contributed by atoms with E-state index in [2.05, 4.69) is 37.7 Å². The van der Waals surface area contributed by atoms with E-state index in [0.29, 0.717) is 6.54 Å².